The van der Waals surface area contributed by atoms with Gasteiger partial charge in [-0.1, -0.05) is 59.7 Å². The summed E-state index contributed by atoms with van der Waals surface area (Å²) in [6.07, 6.45) is 1.68. The molecule has 2 aromatic carbocycles. The van der Waals surface area contributed by atoms with Crippen LogP contribution in [0.2, 0.25) is 0 Å². The molecule has 0 unspecified atom stereocenters. The lowest BCUT2D eigenvalue weighted by molar-refractivity contribution is 0.423. The number of phenolic OH excluding ortho intramolecular Hbond substituents is 1. The molecule has 0 amide bonds. The summed E-state index contributed by atoms with van der Waals surface area (Å²) in [4.78, 5) is 0. The number of aromatic hydroxyl groups is 1. The van der Waals surface area contributed by atoms with Gasteiger partial charge in [0, 0.05) is 16.7 Å². The average Bonchev–Trinajstić information content (AvgIpc) is 2.52. The van der Waals surface area contributed by atoms with Crippen molar-refractivity contribution in [2.45, 2.75) is 52.4 Å². The Morgan fingerprint density at radius 1 is 1.00 bits per heavy atom. The Balaban J connectivity index is 2.73. The van der Waals surface area contributed by atoms with Gasteiger partial charge in [0.1, 0.15) is 11.6 Å². The summed E-state index contributed by atoms with van der Waals surface area (Å²) in [7, 11) is 0. The Kier molecular flexibility index (Phi) is 5.28. The average molecular weight is 351 g/mol. The van der Waals surface area contributed by atoms with Gasteiger partial charge < -0.3 is 5.11 Å². The van der Waals surface area contributed by atoms with Gasteiger partial charge >= 0.3 is 0 Å². The summed E-state index contributed by atoms with van der Waals surface area (Å²) >= 11 is 0. The molecule has 3 heteroatoms. The molecule has 26 heavy (non-hydrogen) atoms. The first-order valence-electron chi connectivity index (χ1n) is 8.70. The van der Waals surface area contributed by atoms with Crippen LogP contribution in [-0.2, 0) is 10.8 Å². The van der Waals surface area contributed by atoms with Crippen LogP contribution in [0.3, 0.4) is 0 Å². The highest BCUT2D eigenvalue weighted by Crippen LogP contribution is 2.40. The first-order valence-corrected chi connectivity index (χ1v) is 8.70. The van der Waals surface area contributed by atoms with Crippen LogP contribution in [0, 0.1) is 17.1 Å². The normalized spacial score (nSPS) is 12.8. The molecular formula is C23H26FNO. The van der Waals surface area contributed by atoms with Crippen LogP contribution in [0.1, 0.15) is 63.8 Å². The van der Waals surface area contributed by atoms with Crippen LogP contribution in [0.5, 0.6) is 5.75 Å². The Morgan fingerprint density at radius 2 is 1.50 bits per heavy atom. The van der Waals surface area contributed by atoms with Gasteiger partial charge in [-0.05, 0) is 40.7 Å². The first kappa shape index (κ1) is 19.7. The summed E-state index contributed by atoms with van der Waals surface area (Å²) in [5.41, 5.74) is 2.39. The number of allylic oxidation sites excluding steroid dienone is 1. The van der Waals surface area contributed by atoms with Crippen molar-refractivity contribution in [3.8, 4) is 11.8 Å². The number of phenols is 1. The molecule has 2 rings (SSSR count). The third-order valence-corrected chi connectivity index (χ3v) is 4.34. The van der Waals surface area contributed by atoms with Gasteiger partial charge in [-0.2, -0.15) is 5.26 Å². The topological polar surface area (TPSA) is 44.0 Å². The van der Waals surface area contributed by atoms with E-state index in [9.17, 15) is 14.8 Å². The second-order valence-electron chi connectivity index (χ2n) is 8.61. The van der Waals surface area contributed by atoms with Crippen molar-refractivity contribution in [2.24, 2.45) is 0 Å². The number of hydrogen-bond acceptors (Lipinski definition) is 2. The Bertz CT molecular complexity index is 855. The number of nitrogens with zero attached hydrogens (tertiary/aromatic N) is 1. The number of benzene rings is 2. The largest absolute Gasteiger partial charge is 0.507 e. The Labute approximate surface area is 155 Å². The zero-order valence-corrected chi connectivity index (χ0v) is 16.3. The maximum absolute atomic E-state index is 14.1. The third kappa shape index (κ3) is 4.14. The van der Waals surface area contributed by atoms with Crippen molar-refractivity contribution >= 4 is 11.6 Å². The summed E-state index contributed by atoms with van der Waals surface area (Å²) in [6.45, 7) is 12.2. The van der Waals surface area contributed by atoms with Gasteiger partial charge in [0.25, 0.3) is 0 Å². The summed E-state index contributed by atoms with van der Waals surface area (Å²) in [6, 6.07) is 12.1. The molecule has 0 fully saturated rings. The third-order valence-electron chi connectivity index (χ3n) is 4.34. The molecule has 0 saturated heterocycles. The van der Waals surface area contributed by atoms with E-state index in [1.165, 1.54) is 6.07 Å². The van der Waals surface area contributed by atoms with Crippen molar-refractivity contribution in [1.82, 2.24) is 0 Å². The standard InChI is InChI=1S/C23H26FNO/c1-22(2,3)18-12-15(13-19(21(18)26)23(4,5)6)11-16(14-25)17-9-7-8-10-20(17)24/h7-13,26H,1-6H3. The van der Waals surface area contributed by atoms with Gasteiger partial charge in [-0.25, -0.2) is 4.39 Å². The minimum Gasteiger partial charge on any atom is -0.507 e. The van der Waals surface area contributed by atoms with E-state index in [1.54, 1.807) is 24.3 Å². The van der Waals surface area contributed by atoms with Crippen LogP contribution >= 0.6 is 0 Å². The predicted octanol–water partition coefficient (Wildman–Crippen LogP) is 6.19. The molecule has 2 nitrogen and oxygen atoms in total. The SMILES string of the molecule is CC(C)(C)c1cc(C=C(C#N)c2ccccc2F)cc(C(C)(C)C)c1O. The Hall–Kier alpha value is -2.60. The molecule has 2 aromatic rings. The Morgan fingerprint density at radius 3 is 1.92 bits per heavy atom. The highest BCUT2D eigenvalue weighted by molar-refractivity contribution is 5.90. The fraction of sp³-hybridized carbons (Fsp3) is 0.348. The van der Waals surface area contributed by atoms with Gasteiger partial charge in [0.2, 0.25) is 0 Å². The highest BCUT2D eigenvalue weighted by Gasteiger charge is 2.26. The fourth-order valence-electron chi connectivity index (χ4n) is 2.90. The van der Waals surface area contributed by atoms with E-state index >= 15 is 0 Å². The smallest absolute Gasteiger partial charge is 0.131 e. The lowest BCUT2D eigenvalue weighted by Crippen LogP contribution is -2.17. The van der Waals surface area contributed by atoms with E-state index < -0.39 is 5.82 Å². The van der Waals surface area contributed by atoms with Crippen molar-refractivity contribution in [3.63, 3.8) is 0 Å². The van der Waals surface area contributed by atoms with Crippen molar-refractivity contribution in [3.05, 3.63) is 64.5 Å². The highest BCUT2D eigenvalue weighted by atomic mass is 19.1. The van der Waals surface area contributed by atoms with E-state index in [1.807, 2.05) is 53.7 Å². The maximum Gasteiger partial charge on any atom is 0.131 e. The minimum atomic E-state index is -0.425. The molecule has 1 N–H and O–H groups in total. The van der Waals surface area contributed by atoms with E-state index in [0.717, 1.165) is 16.7 Å². The van der Waals surface area contributed by atoms with Crippen molar-refractivity contribution in [2.75, 3.05) is 0 Å². The van der Waals surface area contributed by atoms with Crippen molar-refractivity contribution < 1.29 is 9.50 Å². The lowest BCUT2D eigenvalue weighted by atomic mass is 9.78. The van der Waals surface area contributed by atoms with Gasteiger partial charge in [-0.15, -0.1) is 0 Å². The molecule has 0 saturated carbocycles. The van der Waals surface area contributed by atoms with Crippen molar-refractivity contribution in [1.29, 1.82) is 5.26 Å². The molecule has 0 aromatic heterocycles. The number of rotatable bonds is 2. The summed E-state index contributed by atoms with van der Waals surface area (Å²) in [5.74, 6) is -0.141. The van der Waals surface area contributed by atoms with E-state index in [0.29, 0.717) is 0 Å². The predicted molar refractivity (Wildman–Crippen MR) is 105 cm³/mol. The van der Waals surface area contributed by atoms with Crippen LogP contribution in [0.4, 0.5) is 4.39 Å². The lowest BCUT2D eigenvalue weighted by Gasteiger charge is -2.28. The minimum absolute atomic E-state index is 0.258. The van der Waals surface area contributed by atoms with Crippen LogP contribution < -0.4 is 0 Å². The monoisotopic (exact) mass is 351 g/mol. The molecule has 136 valence electrons. The van der Waals surface area contributed by atoms with Crippen LogP contribution in [0.25, 0.3) is 11.6 Å². The molecule has 0 radical (unpaired) electrons. The number of nitriles is 1. The van der Waals surface area contributed by atoms with Crippen LogP contribution in [0.15, 0.2) is 36.4 Å². The number of hydrogen-bond donors (Lipinski definition) is 1. The molecule has 0 aliphatic rings. The zero-order valence-electron chi connectivity index (χ0n) is 16.3. The first-order chi connectivity index (χ1) is 11.9. The molecule has 0 heterocycles. The molecule has 0 aliphatic heterocycles. The number of halogens is 1. The van der Waals surface area contributed by atoms with Gasteiger partial charge in [0.15, 0.2) is 0 Å². The molecule has 0 spiro atoms. The zero-order chi connectivity index (χ0) is 19.7. The second kappa shape index (κ2) is 6.96. The molecule has 0 bridgehead atoms. The molecular weight excluding hydrogens is 325 g/mol. The molecule has 0 atom stereocenters. The van der Waals surface area contributed by atoms with E-state index in [-0.39, 0.29) is 27.7 Å². The summed E-state index contributed by atoms with van der Waals surface area (Å²) < 4.78 is 14.1. The van der Waals surface area contributed by atoms with E-state index in [4.69, 9.17) is 0 Å². The quantitative estimate of drug-likeness (QED) is 0.518. The van der Waals surface area contributed by atoms with Crippen LogP contribution in [-0.4, -0.2) is 5.11 Å². The summed E-state index contributed by atoms with van der Waals surface area (Å²) in [5, 5.41) is 20.3. The fourth-order valence-corrected chi connectivity index (χ4v) is 2.90. The van der Waals surface area contributed by atoms with E-state index in [2.05, 4.69) is 6.07 Å². The van der Waals surface area contributed by atoms with Gasteiger partial charge in [-0.3, -0.25) is 0 Å². The molecule has 0 aliphatic carbocycles. The van der Waals surface area contributed by atoms with Gasteiger partial charge in [0.05, 0.1) is 11.6 Å². The second-order valence-corrected chi connectivity index (χ2v) is 8.61. The maximum atomic E-state index is 14.1.